The monoisotopic (exact) mass is 243 g/mol. The van der Waals surface area contributed by atoms with Gasteiger partial charge in [-0.05, 0) is 19.1 Å². The van der Waals surface area contributed by atoms with Crippen molar-refractivity contribution < 1.29 is 14.0 Å². The van der Waals surface area contributed by atoms with Crippen LogP contribution in [0.5, 0.6) is 0 Å². The van der Waals surface area contributed by atoms with Crippen LogP contribution in [0.1, 0.15) is 6.92 Å². The van der Waals surface area contributed by atoms with Crippen molar-refractivity contribution in [2.24, 2.45) is 0 Å². The van der Waals surface area contributed by atoms with E-state index in [1.165, 1.54) is 0 Å². The first kappa shape index (κ1) is 12.7. The SMILES string of the molecule is CCO[PH](=O)O.Nc1nc2ccccc2[nH]1. The first-order valence-electron chi connectivity index (χ1n) is 4.69. The molecule has 0 saturated heterocycles. The Bertz CT molecular complexity index is 439. The lowest BCUT2D eigenvalue weighted by Gasteiger charge is -1.86. The van der Waals surface area contributed by atoms with E-state index in [2.05, 4.69) is 14.5 Å². The summed E-state index contributed by atoms with van der Waals surface area (Å²) in [7, 11) is -2.64. The van der Waals surface area contributed by atoms with Crippen molar-refractivity contribution in [3.8, 4) is 0 Å². The van der Waals surface area contributed by atoms with Gasteiger partial charge in [-0.15, -0.1) is 0 Å². The number of aromatic nitrogens is 2. The van der Waals surface area contributed by atoms with E-state index in [-0.39, 0.29) is 0 Å². The predicted octanol–water partition coefficient (Wildman–Crippen LogP) is 1.55. The molecule has 0 amide bonds. The van der Waals surface area contributed by atoms with Gasteiger partial charge < -0.3 is 20.1 Å². The molecule has 0 fully saturated rings. The lowest BCUT2D eigenvalue weighted by atomic mass is 10.3. The van der Waals surface area contributed by atoms with Gasteiger partial charge in [-0.1, -0.05) is 12.1 Å². The fourth-order valence-corrected chi connectivity index (χ4v) is 1.34. The molecule has 0 radical (unpaired) electrons. The van der Waals surface area contributed by atoms with Crippen LogP contribution in [0.4, 0.5) is 5.95 Å². The molecule has 16 heavy (non-hydrogen) atoms. The average molecular weight is 243 g/mol. The van der Waals surface area contributed by atoms with Gasteiger partial charge in [0, 0.05) is 0 Å². The van der Waals surface area contributed by atoms with Crippen molar-refractivity contribution in [1.29, 1.82) is 0 Å². The maximum atomic E-state index is 9.56. The lowest BCUT2D eigenvalue weighted by Crippen LogP contribution is -1.84. The topological polar surface area (TPSA) is 101 Å². The fraction of sp³-hybridized carbons (Fsp3) is 0.222. The highest BCUT2D eigenvalue weighted by atomic mass is 31.1. The molecule has 0 aliphatic rings. The molecule has 2 aromatic rings. The number of para-hydroxylation sites is 2. The van der Waals surface area contributed by atoms with Crippen LogP contribution >= 0.6 is 8.25 Å². The summed E-state index contributed by atoms with van der Waals surface area (Å²) in [5.74, 6) is 0.473. The van der Waals surface area contributed by atoms with E-state index < -0.39 is 8.25 Å². The van der Waals surface area contributed by atoms with Gasteiger partial charge in [0.1, 0.15) is 0 Å². The first-order chi connectivity index (χ1) is 7.63. The first-order valence-corrected chi connectivity index (χ1v) is 5.95. The molecule has 6 nitrogen and oxygen atoms in total. The van der Waals surface area contributed by atoms with Crippen LogP contribution in [0.15, 0.2) is 24.3 Å². The van der Waals surface area contributed by atoms with E-state index >= 15 is 0 Å². The van der Waals surface area contributed by atoms with Crippen molar-refractivity contribution >= 4 is 25.2 Å². The summed E-state index contributed by atoms with van der Waals surface area (Å²) in [5, 5.41) is 0. The lowest BCUT2D eigenvalue weighted by molar-refractivity contribution is 0.297. The summed E-state index contributed by atoms with van der Waals surface area (Å²) in [5.41, 5.74) is 7.33. The van der Waals surface area contributed by atoms with Gasteiger partial charge in [0.05, 0.1) is 17.6 Å². The molecule has 0 aliphatic carbocycles. The van der Waals surface area contributed by atoms with E-state index in [0.717, 1.165) is 11.0 Å². The number of nitrogens with zero attached hydrogens (tertiary/aromatic N) is 1. The zero-order chi connectivity index (χ0) is 12.0. The number of nitrogen functional groups attached to an aromatic ring is 1. The summed E-state index contributed by atoms with van der Waals surface area (Å²) in [6.45, 7) is 1.98. The van der Waals surface area contributed by atoms with Gasteiger partial charge in [0.25, 0.3) is 0 Å². The number of aromatic amines is 1. The summed E-state index contributed by atoms with van der Waals surface area (Å²) < 4.78 is 13.7. The molecular formula is C9H14N3O3P. The molecule has 0 aliphatic heterocycles. The fourth-order valence-electron chi connectivity index (χ4n) is 1.10. The van der Waals surface area contributed by atoms with E-state index in [4.69, 9.17) is 10.6 Å². The smallest absolute Gasteiger partial charge is 0.316 e. The summed E-state index contributed by atoms with van der Waals surface area (Å²) in [6, 6.07) is 7.74. The number of H-pyrrole nitrogens is 1. The third-order valence-electron chi connectivity index (χ3n) is 1.68. The van der Waals surface area contributed by atoms with Crippen LogP contribution in [0.3, 0.4) is 0 Å². The third kappa shape index (κ3) is 4.02. The number of hydrogen-bond donors (Lipinski definition) is 3. The number of fused-ring (bicyclic) bond motifs is 1. The van der Waals surface area contributed by atoms with Crippen LogP contribution < -0.4 is 5.73 Å². The summed E-state index contributed by atoms with van der Waals surface area (Å²) in [4.78, 5) is 14.8. The maximum absolute atomic E-state index is 9.56. The second-order valence-corrected chi connectivity index (χ2v) is 3.66. The normalized spacial score (nSPS) is 11.9. The van der Waals surface area contributed by atoms with Crippen LogP contribution in [0.2, 0.25) is 0 Å². The quantitative estimate of drug-likeness (QED) is 0.694. The van der Waals surface area contributed by atoms with Crippen LogP contribution in [0, 0.1) is 0 Å². The summed E-state index contributed by atoms with van der Waals surface area (Å²) >= 11 is 0. The predicted molar refractivity (Wildman–Crippen MR) is 63.4 cm³/mol. The maximum Gasteiger partial charge on any atom is 0.316 e. The van der Waals surface area contributed by atoms with Gasteiger partial charge in [-0.2, -0.15) is 0 Å². The van der Waals surface area contributed by atoms with Crippen molar-refractivity contribution in [1.82, 2.24) is 9.97 Å². The molecule has 0 bridgehead atoms. The van der Waals surface area contributed by atoms with Crippen molar-refractivity contribution in [3.05, 3.63) is 24.3 Å². The Kier molecular flexibility index (Phi) is 4.98. The van der Waals surface area contributed by atoms with E-state index in [9.17, 15) is 4.57 Å². The number of imidazole rings is 1. The Labute approximate surface area is 93.4 Å². The van der Waals surface area contributed by atoms with Crippen LogP contribution in [-0.4, -0.2) is 21.5 Å². The Morgan fingerprint density at radius 3 is 2.75 bits per heavy atom. The molecule has 1 atom stereocenters. The third-order valence-corrected chi connectivity index (χ3v) is 2.21. The molecule has 1 aromatic carbocycles. The van der Waals surface area contributed by atoms with E-state index in [1.54, 1.807) is 6.92 Å². The minimum Gasteiger partial charge on any atom is -0.369 e. The number of rotatable bonds is 2. The molecule has 0 saturated carbocycles. The second-order valence-electron chi connectivity index (χ2n) is 2.84. The molecule has 1 heterocycles. The molecule has 0 spiro atoms. The molecule has 4 N–H and O–H groups in total. The molecule has 1 unspecified atom stereocenters. The van der Waals surface area contributed by atoms with Crippen molar-refractivity contribution in [2.75, 3.05) is 12.3 Å². The van der Waals surface area contributed by atoms with Crippen LogP contribution in [-0.2, 0) is 9.09 Å². The molecular weight excluding hydrogens is 229 g/mol. The largest absolute Gasteiger partial charge is 0.369 e. The second kappa shape index (κ2) is 6.27. The van der Waals surface area contributed by atoms with Crippen molar-refractivity contribution in [3.63, 3.8) is 0 Å². The van der Waals surface area contributed by atoms with Crippen molar-refractivity contribution in [2.45, 2.75) is 6.92 Å². The Morgan fingerprint density at radius 2 is 2.25 bits per heavy atom. The van der Waals surface area contributed by atoms with Gasteiger partial charge in [-0.25, -0.2) is 4.98 Å². The highest BCUT2D eigenvalue weighted by Gasteiger charge is 1.94. The Morgan fingerprint density at radius 1 is 1.56 bits per heavy atom. The van der Waals surface area contributed by atoms with Gasteiger partial charge in [0.15, 0.2) is 5.95 Å². The number of benzene rings is 1. The highest BCUT2D eigenvalue weighted by molar-refractivity contribution is 7.32. The summed E-state index contributed by atoms with van der Waals surface area (Å²) in [6.07, 6.45) is 0. The Hall–Kier alpha value is -1.36. The van der Waals surface area contributed by atoms with Gasteiger partial charge in [0.2, 0.25) is 0 Å². The minimum absolute atomic E-state index is 0.314. The highest BCUT2D eigenvalue weighted by Crippen LogP contribution is 2.12. The number of nitrogens with two attached hydrogens (primary N) is 1. The molecule has 88 valence electrons. The number of anilines is 1. The molecule has 7 heteroatoms. The number of nitrogens with one attached hydrogen (secondary N) is 1. The average Bonchev–Trinajstić information content (AvgIpc) is 2.58. The van der Waals surface area contributed by atoms with E-state index in [1.807, 2.05) is 24.3 Å². The zero-order valence-corrected chi connectivity index (χ0v) is 9.80. The minimum atomic E-state index is -2.64. The van der Waals surface area contributed by atoms with Crippen LogP contribution in [0.25, 0.3) is 11.0 Å². The van der Waals surface area contributed by atoms with E-state index in [0.29, 0.717) is 12.6 Å². The molecule has 2 rings (SSSR count). The zero-order valence-electron chi connectivity index (χ0n) is 8.80. The van der Waals surface area contributed by atoms with Gasteiger partial charge in [-0.3, -0.25) is 4.57 Å². The Balaban J connectivity index is 0.000000187. The number of hydrogen-bond acceptors (Lipinski definition) is 4. The molecule has 1 aromatic heterocycles. The van der Waals surface area contributed by atoms with Gasteiger partial charge >= 0.3 is 8.25 Å². The standard InChI is InChI=1S/C7H7N3.C2H7O3P/c8-7-9-5-3-1-2-4-6(5)10-7;1-2-5-6(3)4/h1-4H,(H3,8,9,10);6H,2H2,1H3,(H,3,4).